The van der Waals surface area contributed by atoms with Gasteiger partial charge in [-0.1, -0.05) is 12.8 Å². The second-order valence-electron chi connectivity index (χ2n) is 4.56. The van der Waals surface area contributed by atoms with Crippen molar-refractivity contribution in [2.45, 2.75) is 31.7 Å². The van der Waals surface area contributed by atoms with Crippen LogP contribution < -0.4 is 0 Å². The normalized spacial score (nSPS) is 19.8. The van der Waals surface area contributed by atoms with Gasteiger partial charge in [0, 0.05) is 12.7 Å². The molecule has 19 heavy (non-hydrogen) atoms. The molecule has 1 aromatic rings. The van der Waals surface area contributed by atoms with Gasteiger partial charge in [-0.2, -0.15) is 0 Å². The maximum absolute atomic E-state index is 13.6. The summed E-state index contributed by atoms with van der Waals surface area (Å²) in [6, 6.07) is 0.407. The number of carbonyl (C=O) groups excluding carboxylic acids is 1. The van der Waals surface area contributed by atoms with E-state index in [4.69, 9.17) is 0 Å². The summed E-state index contributed by atoms with van der Waals surface area (Å²) in [6.07, 6.45) is 5.08. The van der Waals surface area contributed by atoms with E-state index < -0.39 is 23.7 Å². The second-order valence-corrected chi connectivity index (χ2v) is 4.56. The van der Waals surface area contributed by atoms with E-state index in [1.54, 1.807) is 0 Å². The number of aromatic nitrogens is 1. The fourth-order valence-corrected chi connectivity index (χ4v) is 2.31. The fraction of sp³-hybridized carbons (Fsp3) is 0.462. The molecular formula is C13H15FN2O3. The van der Waals surface area contributed by atoms with Crippen molar-refractivity contribution < 1.29 is 19.1 Å². The number of amides is 1. The van der Waals surface area contributed by atoms with Crippen molar-refractivity contribution in [3.8, 4) is 0 Å². The number of carbonyl (C=O) groups is 2. The predicted octanol–water partition coefficient (Wildman–Crippen LogP) is 1.69. The number of carboxylic acids is 1. The SMILES string of the molecule is O=C(O)C1CCCCCN1C(=O)c1ccncc1F. The molecule has 2 heterocycles. The Balaban J connectivity index is 2.29. The number of carboxylic acid groups (broad SMARTS) is 1. The van der Waals surface area contributed by atoms with Gasteiger partial charge in [-0.05, 0) is 18.9 Å². The zero-order chi connectivity index (χ0) is 13.8. The molecule has 5 nitrogen and oxygen atoms in total. The monoisotopic (exact) mass is 266 g/mol. The lowest BCUT2D eigenvalue weighted by atomic mass is 10.1. The topological polar surface area (TPSA) is 70.5 Å². The summed E-state index contributed by atoms with van der Waals surface area (Å²) in [5.41, 5.74) is -0.122. The average molecular weight is 266 g/mol. The summed E-state index contributed by atoms with van der Waals surface area (Å²) in [5.74, 6) is -2.33. The lowest BCUT2D eigenvalue weighted by Crippen LogP contribution is -2.44. The lowest BCUT2D eigenvalue weighted by molar-refractivity contribution is -0.142. The van der Waals surface area contributed by atoms with Crippen LogP contribution in [0.1, 0.15) is 36.0 Å². The van der Waals surface area contributed by atoms with E-state index in [-0.39, 0.29) is 5.56 Å². The number of hydrogen-bond acceptors (Lipinski definition) is 3. The number of halogens is 1. The molecule has 0 spiro atoms. The Morgan fingerprint density at radius 3 is 2.84 bits per heavy atom. The molecule has 6 heteroatoms. The highest BCUT2D eigenvalue weighted by Gasteiger charge is 2.32. The van der Waals surface area contributed by atoms with Gasteiger partial charge in [0.25, 0.3) is 5.91 Å². The Morgan fingerprint density at radius 2 is 2.16 bits per heavy atom. The molecule has 1 fully saturated rings. The number of nitrogens with zero attached hydrogens (tertiary/aromatic N) is 2. The van der Waals surface area contributed by atoms with Gasteiger partial charge in [-0.3, -0.25) is 9.78 Å². The van der Waals surface area contributed by atoms with Crippen LogP contribution >= 0.6 is 0 Å². The van der Waals surface area contributed by atoms with Crippen LogP contribution in [0.3, 0.4) is 0 Å². The average Bonchev–Trinajstić information content (AvgIpc) is 2.64. The van der Waals surface area contributed by atoms with Gasteiger partial charge in [-0.25, -0.2) is 9.18 Å². The molecule has 1 unspecified atom stereocenters. The number of hydrogen-bond donors (Lipinski definition) is 1. The molecule has 1 amide bonds. The maximum atomic E-state index is 13.6. The van der Waals surface area contributed by atoms with Gasteiger partial charge < -0.3 is 10.0 Å². The van der Waals surface area contributed by atoms with E-state index in [9.17, 15) is 19.1 Å². The molecule has 2 rings (SSSR count). The highest BCUT2D eigenvalue weighted by molar-refractivity contribution is 5.96. The summed E-state index contributed by atoms with van der Waals surface area (Å²) in [4.78, 5) is 28.4. The van der Waals surface area contributed by atoms with Crippen LogP contribution in [-0.2, 0) is 4.79 Å². The van der Waals surface area contributed by atoms with Crippen molar-refractivity contribution in [2.24, 2.45) is 0 Å². The van der Waals surface area contributed by atoms with Crippen molar-refractivity contribution in [1.29, 1.82) is 0 Å². The Labute approximate surface area is 110 Å². The van der Waals surface area contributed by atoms with Crippen LogP contribution in [0.2, 0.25) is 0 Å². The largest absolute Gasteiger partial charge is 0.480 e. The molecular weight excluding hydrogens is 251 g/mol. The lowest BCUT2D eigenvalue weighted by Gasteiger charge is -2.27. The van der Waals surface area contributed by atoms with Crippen LogP contribution in [-0.4, -0.2) is 39.5 Å². The summed E-state index contributed by atoms with van der Waals surface area (Å²) in [7, 11) is 0. The third-order valence-corrected chi connectivity index (χ3v) is 3.30. The second kappa shape index (κ2) is 5.77. The Kier molecular flexibility index (Phi) is 4.09. The maximum Gasteiger partial charge on any atom is 0.326 e. The Bertz CT molecular complexity index is 493. The van der Waals surface area contributed by atoms with Gasteiger partial charge in [0.15, 0.2) is 5.82 Å². The van der Waals surface area contributed by atoms with E-state index in [0.717, 1.165) is 25.5 Å². The molecule has 0 aromatic carbocycles. The fourth-order valence-electron chi connectivity index (χ4n) is 2.31. The smallest absolute Gasteiger partial charge is 0.326 e. The highest BCUT2D eigenvalue weighted by atomic mass is 19.1. The molecule has 0 aliphatic carbocycles. The van der Waals surface area contributed by atoms with Crippen molar-refractivity contribution in [3.63, 3.8) is 0 Å². The minimum absolute atomic E-state index is 0.122. The van der Waals surface area contributed by atoms with Crippen LogP contribution in [0.15, 0.2) is 18.5 Å². The van der Waals surface area contributed by atoms with Crippen molar-refractivity contribution >= 4 is 11.9 Å². The number of rotatable bonds is 2. The van der Waals surface area contributed by atoms with E-state index in [2.05, 4.69) is 4.98 Å². The quantitative estimate of drug-likeness (QED) is 0.884. The molecule has 102 valence electrons. The Hall–Kier alpha value is -1.98. The van der Waals surface area contributed by atoms with Gasteiger partial charge >= 0.3 is 5.97 Å². The molecule has 0 bridgehead atoms. The summed E-state index contributed by atoms with van der Waals surface area (Å²) in [5, 5.41) is 9.20. The van der Waals surface area contributed by atoms with Crippen molar-refractivity contribution in [3.05, 3.63) is 29.8 Å². The molecule has 1 atom stereocenters. The van der Waals surface area contributed by atoms with Crippen LogP contribution in [0.25, 0.3) is 0 Å². The van der Waals surface area contributed by atoms with Gasteiger partial charge in [0.2, 0.25) is 0 Å². The summed E-state index contributed by atoms with van der Waals surface area (Å²) >= 11 is 0. The standard InChI is InChI=1S/C13H15FN2O3/c14-10-8-15-6-5-9(10)12(17)16-7-3-1-2-4-11(16)13(18)19/h5-6,8,11H,1-4,7H2,(H,18,19). The zero-order valence-electron chi connectivity index (χ0n) is 10.4. The zero-order valence-corrected chi connectivity index (χ0v) is 10.4. The van der Waals surface area contributed by atoms with E-state index in [0.29, 0.717) is 13.0 Å². The first-order valence-electron chi connectivity index (χ1n) is 6.24. The first-order chi connectivity index (χ1) is 9.11. The summed E-state index contributed by atoms with van der Waals surface area (Å²) in [6.45, 7) is 0.345. The minimum Gasteiger partial charge on any atom is -0.480 e. The van der Waals surface area contributed by atoms with Crippen LogP contribution in [0.4, 0.5) is 4.39 Å². The van der Waals surface area contributed by atoms with Crippen molar-refractivity contribution in [1.82, 2.24) is 9.88 Å². The third kappa shape index (κ3) is 2.89. The molecule has 0 saturated carbocycles. The van der Waals surface area contributed by atoms with Crippen molar-refractivity contribution in [2.75, 3.05) is 6.54 Å². The highest BCUT2D eigenvalue weighted by Crippen LogP contribution is 2.20. The van der Waals surface area contributed by atoms with Crippen LogP contribution in [0, 0.1) is 5.82 Å². The van der Waals surface area contributed by atoms with Gasteiger partial charge in [0.05, 0.1) is 11.8 Å². The van der Waals surface area contributed by atoms with Gasteiger partial charge in [0.1, 0.15) is 6.04 Å². The van der Waals surface area contributed by atoms with E-state index >= 15 is 0 Å². The molecule has 1 N–H and O–H groups in total. The Morgan fingerprint density at radius 1 is 1.37 bits per heavy atom. The number of pyridine rings is 1. The first-order valence-corrected chi connectivity index (χ1v) is 6.24. The third-order valence-electron chi connectivity index (χ3n) is 3.30. The molecule has 1 aliphatic heterocycles. The summed E-state index contributed by atoms with van der Waals surface area (Å²) < 4.78 is 13.6. The molecule has 1 aromatic heterocycles. The minimum atomic E-state index is -1.04. The number of aliphatic carboxylic acids is 1. The first kappa shape index (κ1) is 13.5. The van der Waals surface area contributed by atoms with E-state index in [1.165, 1.54) is 17.2 Å². The van der Waals surface area contributed by atoms with Crippen LogP contribution in [0.5, 0.6) is 0 Å². The van der Waals surface area contributed by atoms with E-state index in [1.807, 2.05) is 0 Å². The molecule has 0 radical (unpaired) electrons. The molecule has 1 aliphatic rings. The number of likely N-dealkylation sites (tertiary alicyclic amines) is 1. The predicted molar refractivity (Wildman–Crippen MR) is 65.1 cm³/mol. The van der Waals surface area contributed by atoms with Gasteiger partial charge in [-0.15, -0.1) is 0 Å². The molecule has 1 saturated heterocycles.